The second kappa shape index (κ2) is 8.35. The molecular weight excluding hydrogens is 444 g/mol. The number of benzene rings is 1. The van der Waals surface area contributed by atoms with Crippen molar-refractivity contribution in [1.82, 2.24) is 29.4 Å². The second-order valence-electron chi connectivity index (χ2n) is 9.33. The van der Waals surface area contributed by atoms with Crippen LogP contribution in [-0.4, -0.2) is 54.2 Å². The molecule has 9 heteroatoms. The van der Waals surface area contributed by atoms with E-state index in [2.05, 4.69) is 15.2 Å². The highest BCUT2D eigenvalue weighted by atomic mass is 16.5. The van der Waals surface area contributed by atoms with Gasteiger partial charge in [-0.05, 0) is 43.9 Å². The minimum Gasteiger partial charge on any atom is -0.481 e. The number of carbonyl (C=O) groups is 1. The molecule has 5 aromatic rings. The summed E-state index contributed by atoms with van der Waals surface area (Å²) in [6.07, 6.45) is 10.2. The lowest BCUT2D eigenvalue weighted by Crippen LogP contribution is -2.39. The smallest absolute Gasteiger partial charge is 0.311 e. The summed E-state index contributed by atoms with van der Waals surface area (Å²) < 4.78 is 8.95. The number of ether oxygens (including phenoxy) is 1. The number of para-hydroxylation sites is 1. The van der Waals surface area contributed by atoms with Gasteiger partial charge in [0.2, 0.25) is 0 Å². The topological polar surface area (TPSA) is 110 Å². The van der Waals surface area contributed by atoms with Crippen molar-refractivity contribution in [3.05, 3.63) is 66.9 Å². The van der Waals surface area contributed by atoms with Gasteiger partial charge in [0.25, 0.3) is 0 Å². The first-order valence-electron chi connectivity index (χ1n) is 11.8. The number of carboxylic acid groups (broad SMARTS) is 1. The van der Waals surface area contributed by atoms with E-state index in [0.717, 1.165) is 52.0 Å². The Morgan fingerprint density at radius 3 is 2.71 bits per heavy atom. The van der Waals surface area contributed by atoms with Crippen molar-refractivity contribution in [3.8, 4) is 16.8 Å². The van der Waals surface area contributed by atoms with Crippen LogP contribution in [0.1, 0.15) is 37.3 Å². The van der Waals surface area contributed by atoms with Gasteiger partial charge in [-0.1, -0.05) is 18.2 Å². The molecule has 0 atom stereocenters. The van der Waals surface area contributed by atoms with Crippen LogP contribution >= 0.6 is 0 Å². The Balaban J connectivity index is 1.40. The fourth-order valence-corrected chi connectivity index (χ4v) is 5.37. The van der Waals surface area contributed by atoms with Gasteiger partial charge in [0, 0.05) is 41.9 Å². The van der Waals surface area contributed by atoms with Crippen LogP contribution in [0.3, 0.4) is 0 Å². The molecule has 0 amide bonds. The molecule has 1 aliphatic carbocycles. The van der Waals surface area contributed by atoms with Crippen LogP contribution in [0.15, 0.2) is 61.2 Å². The molecule has 35 heavy (non-hydrogen) atoms. The van der Waals surface area contributed by atoms with Crippen LogP contribution in [-0.2, 0) is 9.53 Å². The van der Waals surface area contributed by atoms with Gasteiger partial charge in [-0.3, -0.25) is 4.79 Å². The predicted octanol–water partition coefficient (Wildman–Crippen LogP) is 4.44. The van der Waals surface area contributed by atoms with Gasteiger partial charge in [0.15, 0.2) is 5.65 Å². The Morgan fingerprint density at radius 2 is 1.97 bits per heavy atom. The summed E-state index contributed by atoms with van der Waals surface area (Å²) in [5.41, 5.74) is 4.63. The highest BCUT2D eigenvalue weighted by Gasteiger charge is 2.43. The van der Waals surface area contributed by atoms with E-state index < -0.39 is 11.4 Å². The van der Waals surface area contributed by atoms with E-state index in [-0.39, 0.29) is 12.5 Å². The fourth-order valence-electron chi connectivity index (χ4n) is 5.37. The number of fused-ring (bicyclic) bond motifs is 3. The molecule has 9 nitrogen and oxygen atoms in total. The molecule has 1 fully saturated rings. The zero-order valence-corrected chi connectivity index (χ0v) is 19.4. The molecule has 1 aromatic carbocycles. The van der Waals surface area contributed by atoms with Crippen molar-refractivity contribution >= 4 is 22.6 Å². The number of methoxy groups -OCH3 is 1. The highest BCUT2D eigenvalue weighted by molar-refractivity contribution is 5.86. The number of aliphatic carboxylic acids is 1. The molecule has 4 aromatic heterocycles. The van der Waals surface area contributed by atoms with Crippen LogP contribution in [0, 0.1) is 5.41 Å². The van der Waals surface area contributed by atoms with Gasteiger partial charge in [-0.2, -0.15) is 14.7 Å². The van der Waals surface area contributed by atoms with Crippen LogP contribution < -0.4 is 0 Å². The lowest BCUT2D eigenvalue weighted by Gasteiger charge is -2.36. The summed E-state index contributed by atoms with van der Waals surface area (Å²) in [4.78, 5) is 20.4. The monoisotopic (exact) mass is 470 g/mol. The van der Waals surface area contributed by atoms with Crippen LogP contribution in [0.5, 0.6) is 0 Å². The van der Waals surface area contributed by atoms with Crippen LogP contribution in [0.4, 0.5) is 0 Å². The van der Waals surface area contributed by atoms with Gasteiger partial charge in [-0.15, -0.1) is 0 Å². The van der Waals surface area contributed by atoms with Crippen molar-refractivity contribution < 1.29 is 14.6 Å². The molecule has 0 radical (unpaired) electrons. The lowest BCUT2D eigenvalue weighted by molar-refractivity contribution is -0.155. The molecule has 0 bridgehead atoms. The van der Waals surface area contributed by atoms with Gasteiger partial charge >= 0.3 is 5.97 Å². The lowest BCUT2D eigenvalue weighted by atomic mass is 9.70. The first-order chi connectivity index (χ1) is 17.1. The second-order valence-corrected chi connectivity index (χ2v) is 9.33. The molecule has 6 rings (SSSR count). The molecule has 178 valence electrons. The number of hydrogen-bond acceptors (Lipinski definition) is 5. The normalized spacial score (nSPS) is 20.5. The minimum absolute atomic E-state index is 0.164. The van der Waals surface area contributed by atoms with Crippen LogP contribution in [0.25, 0.3) is 33.5 Å². The van der Waals surface area contributed by atoms with Crippen molar-refractivity contribution in [1.29, 1.82) is 0 Å². The third-order valence-electron chi connectivity index (χ3n) is 7.30. The molecule has 0 spiro atoms. The summed E-state index contributed by atoms with van der Waals surface area (Å²) in [7, 11) is 1.57. The quantitative estimate of drug-likeness (QED) is 0.380. The summed E-state index contributed by atoms with van der Waals surface area (Å²) in [5, 5.41) is 20.0. The Hall–Kier alpha value is -3.98. The van der Waals surface area contributed by atoms with Gasteiger partial charge < -0.3 is 14.8 Å². The number of aromatic nitrogens is 6. The molecule has 1 saturated carbocycles. The average Bonchev–Trinajstić information content (AvgIpc) is 3.63. The van der Waals surface area contributed by atoms with Gasteiger partial charge in [0.1, 0.15) is 5.65 Å². The van der Waals surface area contributed by atoms with Crippen molar-refractivity contribution in [2.24, 2.45) is 5.41 Å². The summed E-state index contributed by atoms with van der Waals surface area (Å²) in [6, 6.07) is 12.0. The number of H-pyrrole nitrogens is 1. The predicted molar refractivity (Wildman–Crippen MR) is 131 cm³/mol. The van der Waals surface area contributed by atoms with E-state index in [9.17, 15) is 9.90 Å². The van der Waals surface area contributed by atoms with Gasteiger partial charge in [-0.25, -0.2) is 9.67 Å². The van der Waals surface area contributed by atoms with Crippen molar-refractivity contribution in [2.75, 3.05) is 13.7 Å². The Labute approximate surface area is 201 Å². The fraction of sp³-hybridized carbons (Fsp3) is 0.308. The molecule has 0 unspecified atom stereocenters. The van der Waals surface area contributed by atoms with Crippen LogP contribution in [0.2, 0.25) is 0 Å². The Kier molecular flexibility index (Phi) is 5.14. The molecule has 4 heterocycles. The van der Waals surface area contributed by atoms with Crippen molar-refractivity contribution in [2.45, 2.75) is 31.6 Å². The molecule has 1 aliphatic rings. The maximum Gasteiger partial charge on any atom is 0.311 e. The van der Waals surface area contributed by atoms with E-state index >= 15 is 0 Å². The first-order valence-corrected chi connectivity index (χ1v) is 11.8. The number of hydrogen-bond donors (Lipinski definition) is 2. The van der Waals surface area contributed by atoms with E-state index in [1.807, 2.05) is 70.4 Å². The molecule has 2 N–H and O–H groups in total. The highest BCUT2D eigenvalue weighted by Crippen LogP contribution is 2.45. The van der Waals surface area contributed by atoms with E-state index in [0.29, 0.717) is 12.8 Å². The number of nitrogens with zero attached hydrogens (tertiary/aromatic N) is 5. The molecule has 0 aliphatic heterocycles. The minimum atomic E-state index is -0.819. The van der Waals surface area contributed by atoms with E-state index in [4.69, 9.17) is 9.72 Å². The average molecular weight is 471 g/mol. The van der Waals surface area contributed by atoms with E-state index in [1.54, 1.807) is 7.11 Å². The molecule has 0 saturated heterocycles. The van der Waals surface area contributed by atoms with Gasteiger partial charge in [0.05, 0.1) is 35.8 Å². The molecular formula is C26H26N6O3. The van der Waals surface area contributed by atoms with E-state index in [1.165, 1.54) is 0 Å². The zero-order chi connectivity index (χ0) is 24.0. The summed E-state index contributed by atoms with van der Waals surface area (Å²) in [5.74, 6) is -0.612. The number of nitrogens with one attached hydrogen (secondary N) is 1. The first kappa shape index (κ1) is 21.5. The maximum absolute atomic E-state index is 12.0. The maximum atomic E-state index is 12.0. The number of rotatable bonds is 6. The third-order valence-corrected chi connectivity index (χ3v) is 7.30. The summed E-state index contributed by atoms with van der Waals surface area (Å²) in [6.45, 7) is 0.235. The standard InChI is InChI=1S/C26H26N6O3/c1-35-16-26(25(33)34)10-7-17(8-11-26)22-20-9-12-27-23(20)32-24(30-22)21(14-29-32)18-13-28-31(15-18)19-5-3-2-4-6-19/h2-6,9,12-15,17,27H,7-8,10-11,16H2,1H3,(H,33,34)/t17-,26-. The third kappa shape index (κ3) is 3.50. The zero-order valence-electron chi connectivity index (χ0n) is 19.4. The SMILES string of the molecule is COC[C@]1(C(=O)O)CC[C@H](c2nc3c(-c4cnn(-c5ccccc5)c4)cnn3c3[nH]ccc32)CC1. The Morgan fingerprint density at radius 1 is 1.17 bits per heavy atom. The largest absolute Gasteiger partial charge is 0.481 e. The number of aromatic amines is 1. The van der Waals surface area contributed by atoms with Crippen molar-refractivity contribution in [3.63, 3.8) is 0 Å². The number of carboxylic acids is 1. The summed E-state index contributed by atoms with van der Waals surface area (Å²) >= 11 is 0. The Bertz CT molecular complexity index is 1510.